The molecular formula is C19H24N2. The van der Waals surface area contributed by atoms with Crippen LogP contribution in [0.5, 0.6) is 0 Å². The van der Waals surface area contributed by atoms with E-state index in [0.29, 0.717) is 5.82 Å². The van der Waals surface area contributed by atoms with Gasteiger partial charge in [0.2, 0.25) is 0 Å². The summed E-state index contributed by atoms with van der Waals surface area (Å²) in [6.07, 6.45) is 4.20. The second-order valence-corrected chi connectivity index (χ2v) is 7.46. The predicted octanol–water partition coefficient (Wildman–Crippen LogP) is 4.68. The first-order valence-corrected chi connectivity index (χ1v) is 7.67. The summed E-state index contributed by atoms with van der Waals surface area (Å²) in [5.74, 6) is 0.602. The number of nitrogens with two attached hydrogens (primary N) is 1. The maximum atomic E-state index is 6.04. The van der Waals surface area contributed by atoms with Crippen LogP contribution in [-0.4, -0.2) is 4.98 Å². The van der Waals surface area contributed by atoms with Gasteiger partial charge in [-0.05, 0) is 52.5 Å². The molecule has 0 spiro atoms. The first-order valence-electron chi connectivity index (χ1n) is 7.67. The van der Waals surface area contributed by atoms with E-state index in [9.17, 15) is 0 Å². The average molecular weight is 280 g/mol. The topological polar surface area (TPSA) is 38.9 Å². The Morgan fingerprint density at radius 3 is 2.29 bits per heavy atom. The van der Waals surface area contributed by atoms with E-state index in [4.69, 9.17) is 5.73 Å². The quantitative estimate of drug-likeness (QED) is 0.823. The van der Waals surface area contributed by atoms with Gasteiger partial charge in [0, 0.05) is 11.8 Å². The number of anilines is 1. The molecule has 1 aromatic heterocycles. The molecule has 1 heterocycles. The third-order valence-corrected chi connectivity index (χ3v) is 5.00. The molecule has 0 unspecified atom stereocenters. The fourth-order valence-corrected chi connectivity index (χ4v) is 3.42. The molecule has 0 bridgehead atoms. The van der Waals surface area contributed by atoms with Gasteiger partial charge in [0.25, 0.3) is 0 Å². The zero-order valence-electron chi connectivity index (χ0n) is 13.4. The van der Waals surface area contributed by atoms with Gasteiger partial charge in [0.05, 0.1) is 0 Å². The highest BCUT2D eigenvalue weighted by Crippen LogP contribution is 2.46. The molecule has 21 heavy (non-hydrogen) atoms. The Hall–Kier alpha value is -1.83. The molecule has 2 aromatic rings. The minimum Gasteiger partial charge on any atom is -0.383 e. The number of nitrogen functional groups attached to an aromatic ring is 1. The highest BCUT2D eigenvalue weighted by atomic mass is 14.8. The van der Waals surface area contributed by atoms with Crippen LogP contribution in [0.2, 0.25) is 0 Å². The Kier molecular flexibility index (Phi) is 3.09. The molecule has 3 rings (SSSR count). The third-order valence-electron chi connectivity index (χ3n) is 5.00. The van der Waals surface area contributed by atoms with Crippen LogP contribution in [0.1, 0.15) is 51.7 Å². The fourth-order valence-electron chi connectivity index (χ4n) is 3.42. The van der Waals surface area contributed by atoms with Crippen LogP contribution in [0, 0.1) is 0 Å². The Morgan fingerprint density at radius 1 is 0.952 bits per heavy atom. The SMILES string of the molecule is CC1(C)CCC(C)(C)c2cc(-c3cccnc3N)ccc21. The first kappa shape index (κ1) is 14.1. The maximum Gasteiger partial charge on any atom is 0.131 e. The van der Waals surface area contributed by atoms with Gasteiger partial charge in [-0.3, -0.25) is 0 Å². The molecule has 0 saturated carbocycles. The summed E-state index contributed by atoms with van der Waals surface area (Å²) in [5, 5.41) is 0. The van der Waals surface area contributed by atoms with Gasteiger partial charge in [-0.1, -0.05) is 45.9 Å². The molecule has 1 aliphatic carbocycles. The summed E-state index contributed by atoms with van der Waals surface area (Å²) in [4.78, 5) is 4.21. The lowest BCUT2D eigenvalue weighted by Crippen LogP contribution is -2.33. The molecule has 0 saturated heterocycles. The van der Waals surface area contributed by atoms with E-state index in [1.165, 1.54) is 29.5 Å². The average Bonchev–Trinajstić information content (AvgIpc) is 2.44. The number of aromatic nitrogens is 1. The van der Waals surface area contributed by atoms with E-state index in [-0.39, 0.29) is 10.8 Å². The zero-order valence-corrected chi connectivity index (χ0v) is 13.4. The predicted molar refractivity (Wildman–Crippen MR) is 89.4 cm³/mol. The summed E-state index contributed by atoms with van der Waals surface area (Å²) in [5.41, 5.74) is 11.6. The number of nitrogens with zero attached hydrogens (tertiary/aromatic N) is 1. The van der Waals surface area contributed by atoms with E-state index in [2.05, 4.69) is 50.9 Å². The Morgan fingerprint density at radius 2 is 1.62 bits per heavy atom. The summed E-state index contributed by atoms with van der Waals surface area (Å²) >= 11 is 0. The maximum absolute atomic E-state index is 6.04. The molecule has 2 N–H and O–H groups in total. The third kappa shape index (κ3) is 2.33. The van der Waals surface area contributed by atoms with Crippen molar-refractivity contribution < 1.29 is 0 Å². The molecule has 0 radical (unpaired) electrons. The van der Waals surface area contributed by atoms with Gasteiger partial charge >= 0.3 is 0 Å². The van der Waals surface area contributed by atoms with Crippen molar-refractivity contribution >= 4 is 5.82 Å². The highest BCUT2D eigenvalue weighted by molar-refractivity contribution is 5.74. The molecule has 1 aromatic carbocycles. The second-order valence-electron chi connectivity index (χ2n) is 7.46. The minimum absolute atomic E-state index is 0.220. The van der Waals surface area contributed by atoms with Crippen molar-refractivity contribution in [3.05, 3.63) is 47.7 Å². The largest absolute Gasteiger partial charge is 0.383 e. The van der Waals surface area contributed by atoms with Gasteiger partial charge in [-0.15, -0.1) is 0 Å². The Labute approximate surface area is 127 Å². The lowest BCUT2D eigenvalue weighted by Gasteiger charge is -2.42. The standard InChI is InChI=1S/C19H24N2/c1-18(2)9-10-19(3,4)16-12-13(7-8-15(16)18)14-6-5-11-21-17(14)20/h5-8,11-12H,9-10H2,1-4H3,(H2,20,21). The number of hydrogen-bond acceptors (Lipinski definition) is 2. The van der Waals surface area contributed by atoms with Gasteiger partial charge < -0.3 is 5.73 Å². The van der Waals surface area contributed by atoms with Crippen molar-refractivity contribution in [1.82, 2.24) is 4.98 Å². The minimum atomic E-state index is 0.220. The number of hydrogen-bond donors (Lipinski definition) is 1. The fraction of sp³-hybridized carbons (Fsp3) is 0.421. The summed E-state index contributed by atoms with van der Waals surface area (Å²) in [6, 6.07) is 10.8. The summed E-state index contributed by atoms with van der Waals surface area (Å²) < 4.78 is 0. The van der Waals surface area contributed by atoms with E-state index in [1.807, 2.05) is 12.1 Å². The number of fused-ring (bicyclic) bond motifs is 1. The lowest BCUT2D eigenvalue weighted by molar-refractivity contribution is 0.332. The molecule has 2 heteroatoms. The number of benzene rings is 1. The van der Waals surface area contributed by atoms with Crippen LogP contribution >= 0.6 is 0 Å². The molecule has 0 amide bonds. The van der Waals surface area contributed by atoms with E-state index >= 15 is 0 Å². The molecule has 1 aliphatic rings. The molecular weight excluding hydrogens is 256 g/mol. The van der Waals surface area contributed by atoms with E-state index in [0.717, 1.165) is 5.56 Å². The van der Waals surface area contributed by atoms with E-state index in [1.54, 1.807) is 6.20 Å². The summed E-state index contributed by atoms with van der Waals surface area (Å²) in [7, 11) is 0. The smallest absolute Gasteiger partial charge is 0.131 e. The Balaban J connectivity index is 2.19. The monoisotopic (exact) mass is 280 g/mol. The number of rotatable bonds is 1. The van der Waals surface area contributed by atoms with Crippen LogP contribution in [0.4, 0.5) is 5.82 Å². The summed E-state index contributed by atoms with van der Waals surface area (Å²) in [6.45, 7) is 9.38. The van der Waals surface area contributed by atoms with Crippen molar-refractivity contribution in [3.63, 3.8) is 0 Å². The molecule has 110 valence electrons. The zero-order chi connectivity index (χ0) is 15.3. The van der Waals surface area contributed by atoms with Gasteiger partial charge in [0.15, 0.2) is 0 Å². The van der Waals surface area contributed by atoms with Crippen LogP contribution in [0.25, 0.3) is 11.1 Å². The normalized spacial score (nSPS) is 19.0. The molecule has 0 atom stereocenters. The molecule has 0 aliphatic heterocycles. The van der Waals surface area contributed by atoms with Crippen molar-refractivity contribution in [1.29, 1.82) is 0 Å². The van der Waals surface area contributed by atoms with E-state index < -0.39 is 0 Å². The van der Waals surface area contributed by atoms with Crippen molar-refractivity contribution in [2.24, 2.45) is 0 Å². The number of pyridine rings is 1. The van der Waals surface area contributed by atoms with Crippen LogP contribution in [0.15, 0.2) is 36.5 Å². The van der Waals surface area contributed by atoms with Gasteiger partial charge in [0.1, 0.15) is 5.82 Å². The van der Waals surface area contributed by atoms with Crippen LogP contribution < -0.4 is 5.73 Å². The van der Waals surface area contributed by atoms with Crippen molar-refractivity contribution in [2.45, 2.75) is 51.4 Å². The molecule has 2 nitrogen and oxygen atoms in total. The lowest BCUT2D eigenvalue weighted by atomic mass is 9.63. The molecule has 0 fully saturated rings. The second kappa shape index (κ2) is 4.59. The Bertz CT molecular complexity index is 684. The first-order chi connectivity index (χ1) is 9.81. The van der Waals surface area contributed by atoms with Crippen molar-refractivity contribution in [3.8, 4) is 11.1 Å². The van der Waals surface area contributed by atoms with Crippen LogP contribution in [-0.2, 0) is 10.8 Å². The van der Waals surface area contributed by atoms with Crippen LogP contribution in [0.3, 0.4) is 0 Å². The van der Waals surface area contributed by atoms with Gasteiger partial charge in [-0.25, -0.2) is 4.98 Å². The highest BCUT2D eigenvalue weighted by Gasteiger charge is 2.36. The van der Waals surface area contributed by atoms with Gasteiger partial charge in [-0.2, -0.15) is 0 Å². The van der Waals surface area contributed by atoms with Crippen molar-refractivity contribution in [2.75, 3.05) is 5.73 Å².